The van der Waals surface area contributed by atoms with Crippen molar-refractivity contribution in [2.75, 3.05) is 14.2 Å². The molecule has 1 rings (SSSR count). The molecule has 2 unspecified atom stereocenters. The summed E-state index contributed by atoms with van der Waals surface area (Å²) in [5.74, 6) is 0.226. The maximum atomic E-state index is 5.79. The highest BCUT2D eigenvalue weighted by molar-refractivity contribution is 6.38. The Kier molecular flexibility index (Phi) is 5.30. The number of hydrogen-bond donors (Lipinski definition) is 0. The predicted octanol–water partition coefficient (Wildman–Crippen LogP) is 2.58. The largest absolute Gasteiger partial charge is 0.353 e. The van der Waals surface area contributed by atoms with Gasteiger partial charge >= 0.3 is 0 Å². The lowest BCUT2D eigenvalue weighted by molar-refractivity contribution is -0.241. The van der Waals surface area contributed by atoms with Crippen molar-refractivity contribution >= 4 is 9.52 Å². The van der Waals surface area contributed by atoms with E-state index in [1.54, 1.807) is 0 Å². The number of ether oxygens (including phenoxy) is 2. The Morgan fingerprint density at radius 3 is 2.40 bits per heavy atom. The molecule has 0 aliphatic carbocycles. The van der Waals surface area contributed by atoms with E-state index < -0.39 is 0 Å². The van der Waals surface area contributed by atoms with Crippen LogP contribution in [0.3, 0.4) is 0 Å². The fourth-order valence-corrected chi connectivity index (χ4v) is 5.86. The smallest absolute Gasteiger partial charge is 0.169 e. The minimum absolute atomic E-state index is 0.00576. The molecular weight excluding hydrogens is 204 g/mol. The van der Waals surface area contributed by atoms with Crippen molar-refractivity contribution in [3.05, 3.63) is 0 Å². The molecule has 0 radical (unpaired) electrons. The van der Waals surface area contributed by atoms with Gasteiger partial charge in [0.05, 0.1) is 0 Å². The SMILES string of the molecule is CCC(C)C(OC)(OC)C1CCCC[SiH2]1. The van der Waals surface area contributed by atoms with Gasteiger partial charge in [-0.3, -0.25) is 0 Å². The first-order valence-corrected chi connectivity index (χ1v) is 8.13. The zero-order chi connectivity index (χ0) is 11.3. The third-order valence-electron chi connectivity index (χ3n) is 4.11. The molecule has 2 atom stereocenters. The molecule has 0 amide bonds. The average Bonchev–Trinajstić information content (AvgIpc) is 2.32. The molecule has 1 aliphatic heterocycles. The van der Waals surface area contributed by atoms with Gasteiger partial charge in [0.1, 0.15) is 0 Å². The van der Waals surface area contributed by atoms with Gasteiger partial charge in [-0.2, -0.15) is 0 Å². The second-order valence-electron chi connectivity index (χ2n) is 4.77. The molecular formula is C12H26O2Si. The van der Waals surface area contributed by atoms with Crippen LogP contribution < -0.4 is 0 Å². The fourth-order valence-electron chi connectivity index (χ4n) is 3.01. The van der Waals surface area contributed by atoms with Crippen LogP contribution in [0.15, 0.2) is 0 Å². The summed E-state index contributed by atoms with van der Waals surface area (Å²) >= 11 is 0. The molecule has 1 heterocycles. The van der Waals surface area contributed by atoms with Crippen LogP contribution in [-0.4, -0.2) is 29.5 Å². The Bertz CT molecular complexity index is 174. The van der Waals surface area contributed by atoms with Crippen LogP contribution in [0, 0.1) is 5.92 Å². The number of methoxy groups -OCH3 is 2. The molecule has 1 fully saturated rings. The van der Waals surface area contributed by atoms with E-state index in [0.29, 0.717) is 5.92 Å². The zero-order valence-corrected chi connectivity index (χ0v) is 12.1. The molecule has 0 aromatic rings. The van der Waals surface area contributed by atoms with Gasteiger partial charge in [0.15, 0.2) is 5.79 Å². The van der Waals surface area contributed by atoms with E-state index in [4.69, 9.17) is 9.47 Å². The van der Waals surface area contributed by atoms with Gasteiger partial charge in [-0.05, 0) is 12.8 Å². The Balaban J connectivity index is 2.77. The standard InChI is InChI=1S/C12H26O2Si/c1-5-10(2)12(13-3,14-4)11-8-6-7-9-15-11/h10-11H,5-9,15H2,1-4H3. The van der Waals surface area contributed by atoms with E-state index in [1.165, 1.54) is 25.3 Å². The lowest BCUT2D eigenvalue weighted by atomic mass is 9.91. The lowest BCUT2D eigenvalue weighted by Crippen LogP contribution is -2.47. The maximum Gasteiger partial charge on any atom is 0.169 e. The van der Waals surface area contributed by atoms with Crippen molar-refractivity contribution in [2.24, 2.45) is 5.92 Å². The molecule has 0 bridgehead atoms. The molecule has 0 N–H and O–H groups in total. The van der Waals surface area contributed by atoms with Crippen LogP contribution in [0.5, 0.6) is 0 Å². The maximum absolute atomic E-state index is 5.79. The number of rotatable bonds is 5. The monoisotopic (exact) mass is 230 g/mol. The van der Waals surface area contributed by atoms with Gasteiger partial charge in [0.2, 0.25) is 0 Å². The van der Waals surface area contributed by atoms with Crippen LogP contribution >= 0.6 is 0 Å². The lowest BCUT2D eigenvalue weighted by Gasteiger charge is -2.44. The molecule has 2 nitrogen and oxygen atoms in total. The highest BCUT2D eigenvalue weighted by Crippen LogP contribution is 2.42. The van der Waals surface area contributed by atoms with Crippen molar-refractivity contribution < 1.29 is 9.47 Å². The molecule has 3 heteroatoms. The van der Waals surface area contributed by atoms with Crippen LogP contribution in [0.25, 0.3) is 0 Å². The van der Waals surface area contributed by atoms with E-state index >= 15 is 0 Å². The van der Waals surface area contributed by atoms with Gasteiger partial charge in [-0.25, -0.2) is 0 Å². The Hall–Kier alpha value is 0.137. The van der Waals surface area contributed by atoms with E-state index in [0.717, 1.165) is 12.0 Å². The van der Waals surface area contributed by atoms with Crippen LogP contribution in [0.2, 0.25) is 11.6 Å². The first kappa shape index (κ1) is 13.2. The quantitative estimate of drug-likeness (QED) is 0.534. The highest BCUT2D eigenvalue weighted by atomic mass is 28.2. The fraction of sp³-hybridized carbons (Fsp3) is 1.00. The van der Waals surface area contributed by atoms with Crippen LogP contribution in [0.4, 0.5) is 0 Å². The zero-order valence-electron chi connectivity index (χ0n) is 10.7. The summed E-state index contributed by atoms with van der Waals surface area (Å²) in [6.07, 6.45) is 5.25. The second-order valence-corrected chi connectivity index (χ2v) is 7.04. The highest BCUT2D eigenvalue weighted by Gasteiger charge is 2.43. The van der Waals surface area contributed by atoms with Crippen molar-refractivity contribution in [1.82, 2.24) is 0 Å². The third kappa shape index (κ3) is 2.63. The van der Waals surface area contributed by atoms with E-state index in [2.05, 4.69) is 13.8 Å². The average molecular weight is 230 g/mol. The molecule has 0 saturated carbocycles. The van der Waals surface area contributed by atoms with Crippen molar-refractivity contribution in [2.45, 2.75) is 56.9 Å². The summed E-state index contributed by atoms with van der Waals surface area (Å²) in [5, 5.41) is 0. The topological polar surface area (TPSA) is 18.5 Å². The van der Waals surface area contributed by atoms with Crippen LogP contribution in [0.1, 0.15) is 39.5 Å². The normalized spacial score (nSPS) is 26.8. The van der Waals surface area contributed by atoms with Crippen molar-refractivity contribution in [1.29, 1.82) is 0 Å². The third-order valence-corrected chi connectivity index (χ3v) is 6.69. The summed E-state index contributed by atoms with van der Waals surface area (Å²) < 4.78 is 11.6. The summed E-state index contributed by atoms with van der Waals surface area (Å²) in [7, 11) is 3.63. The van der Waals surface area contributed by atoms with Gasteiger partial charge in [-0.15, -0.1) is 0 Å². The predicted molar refractivity (Wildman–Crippen MR) is 67.2 cm³/mol. The molecule has 15 heavy (non-hydrogen) atoms. The Morgan fingerprint density at radius 2 is 2.00 bits per heavy atom. The molecule has 0 spiro atoms. The summed E-state index contributed by atoms with van der Waals surface area (Å²) in [6.45, 7) is 4.48. The van der Waals surface area contributed by atoms with Crippen molar-refractivity contribution in [3.8, 4) is 0 Å². The Labute approximate surface area is 96.5 Å². The first-order chi connectivity index (χ1) is 7.21. The molecule has 1 aliphatic rings. The van der Waals surface area contributed by atoms with Crippen molar-refractivity contribution in [3.63, 3.8) is 0 Å². The summed E-state index contributed by atoms with van der Waals surface area (Å²) in [4.78, 5) is 0. The number of hydrogen-bond acceptors (Lipinski definition) is 2. The molecule has 0 aromatic carbocycles. The minimum atomic E-state index is -0.276. The van der Waals surface area contributed by atoms with E-state index in [9.17, 15) is 0 Å². The van der Waals surface area contributed by atoms with E-state index in [1.807, 2.05) is 14.2 Å². The van der Waals surface area contributed by atoms with Gasteiger partial charge < -0.3 is 9.47 Å². The second kappa shape index (κ2) is 6.02. The molecule has 1 saturated heterocycles. The Morgan fingerprint density at radius 1 is 1.33 bits per heavy atom. The summed E-state index contributed by atoms with van der Waals surface area (Å²) in [5.41, 5.74) is 0.719. The van der Waals surface area contributed by atoms with Gasteiger partial charge in [0.25, 0.3) is 0 Å². The molecule has 0 aromatic heterocycles. The minimum Gasteiger partial charge on any atom is -0.353 e. The first-order valence-electron chi connectivity index (χ1n) is 6.31. The van der Waals surface area contributed by atoms with Gasteiger partial charge in [-0.1, -0.05) is 32.7 Å². The molecule has 90 valence electrons. The van der Waals surface area contributed by atoms with Gasteiger partial charge in [0, 0.05) is 35.2 Å². The van der Waals surface area contributed by atoms with Crippen LogP contribution in [-0.2, 0) is 9.47 Å². The summed E-state index contributed by atoms with van der Waals surface area (Å²) in [6, 6.07) is 1.47. The van der Waals surface area contributed by atoms with E-state index in [-0.39, 0.29) is 15.3 Å².